The van der Waals surface area contributed by atoms with Gasteiger partial charge in [0.1, 0.15) is 11.5 Å². The standard InChI is InChI=1S/C20H25NO5/c1-5-26-19-13-15(6-8-18(19)25-4)20(22)21-11-10-14-12-16(23-2)7-9-17(14)24-3/h6-9,12-13H,5,10-11H2,1-4H3,(H,21,22). The molecular weight excluding hydrogens is 334 g/mol. The van der Waals surface area contributed by atoms with Gasteiger partial charge in [-0.15, -0.1) is 0 Å². The Morgan fingerprint density at radius 1 is 0.923 bits per heavy atom. The topological polar surface area (TPSA) is 66.0 Å². The molecule has 140 valence electrons. The zero-order valence-corrected chi connectivity index (χ0v) is 15.6. The highest BCUT2D eigenvalue weighted by molar-refractivity contribution is 5.94. The highest BCUT2D eigenvalue weighted by Gasteiger charge is 2.11. The van der Waals surface area contributed by atoms with Gasteiger partial charge in [-0.25, -0.2) is 0 Å². The fourth-order valence-corrected chi connectivity index (χ4v) is 2.58. The number of benzene rings is 2. The normalized spacial score (nSPS) is 10.2. The zero-order valence-electron chi connectivity index (χ0n) is 15.6. The minimum Gasteiger partial charge on any atom is -0.497 e. The van der Waals surface area contributed by atoms with Crippen LogP contribution in [0.5, 0.6) is 23.0 Å². The number of carbonyl (C=O) groups excluding carboxylic acids is 1. The smallest absolute Gasteiger partial charge is 0.251 e. The molecule has 6 nitrogen and oxygen atoms in total. The van der Waals surface area contributed by atoms with Crippen LogP contribution in [0, 0.1) is 0 Å². The maximum atomic E-state index is 12.4. The van der Waals surface area contributed by atoms with E-state index in [9.17, 15) is 4.79 Å². The summed E-state index contributed by atoms with van der Waals surface area (Å²) in [6, 6.07) is 10.7. The van der Waals surface area contributed by atoms with Gasteiger partial charge in [0.25, 0.3) is 5.91 Å². The Morgan fingerprint density at radius 2 is 1.65 bits per heavy atom. The molecular formula is C20H25NO5. The van der Waals surface area contributed by atoms with Crippen LogP contribution in [-0.2, 0) is 6.42 Å². The first kappa shape index (κ1) is 19.4. The molecule has 0 unspecified atom stereocenters. The third kappa shape index (κ3) is 4.81. The second-order valence-corrected chi connectivity index (χ2v) is 5.48. The van der Waals surface area contributed by atoms with Crippen molar-refractivity contribution in [3.05, 3.63) is 47.5 Å². The average Bonchev–Trinajstić information content (AvgIpc) is 2.67. The summed E-state index contributed by atoms with van der Waals surface area (Å²) in [6.07, 6.45) is 0.626. The molecule has 1 N–H and O–H groups in total. The Morgan fingerprint density at radius 3 is 2.31 bits per heavy atom. The van der Waals surface area contributed by atoms with Gasteiger partial charge in [-0.3, -0.25) is 4.79 Å². The molecule has 0 atom stereocenters. The van der Waals surface area contributed by atoms with Crippen LogP contribution in [0.3, 0.4) is 0 Å². The molecule has 2 aromatic rings. The molecule has 0 fully saturated rings. The second kappa shape index (κ2) is 9.56. The highest BCUT2D eigenvalue weighted by Crippen LogP contribution is 2.28. The van der Waals surface area contributed by atoms with E-state index in [4.69, 9.17) is 18.9 Å². The van der Waals surface area contributed by atoms with E-state index in [1.165, 1.54) is 0 Å². The Bertz CT molecular complexity index is 745. The van der Waals surface area contributed by atoms with Crippen LogP contribution in [0.4, 0.5) is 0 Å². The largest absolute Gasteiger partial charge is 0.497 e. The first-order valence-electron chi connectivity index (χ1n) is 8.42. The number of ether oxygens (including phenoxy) is 4. The Labute approximate surface area is 154 Å². The molecule has 0 saturated heterocycles. The van der Waals surface area contributed by atoms with Crippen molar-refractivity contribution in [1.29, 1.82) is 0 Å². The van der Waals surface area contributed by atoms with Crippen LogP contribution in [0.15, 0.2) is 36.4 Å². The van der Waals surface area contributed by atoms with Gasteiger partial charge in [0.15, 0.2) is 11.5 Å². The average molecular weight is 359 g/mol. The quantitative estimate of drug-likeness (QED) is 0.745. The van der Waals surface area contributed by atoms with Crippen molar-refractivity contribution in [2.75, 3.05) is 34.5 Å². The van der Waals surface area contributed by atoms with E-state index in [1.54, 1.807) is 39.5 Å². The summed E-state index contributed by atoms with van der Waals surface area (Å²) in [4.78, 5) is 12.4. The maximum Gasteiger partial charge on any atom is 0.251 e. The molecule has 0 saturated carbocycles. The van der Waals surface area contributed by atoms with Gasteiger partial charge < -0.3 is 24.3 Å². The van der Waals surface area contributed by atoms with Crippen molar-refractivity contribution < 1.29 is 23.7 Å². The summed E-state index contributed by atoms with van der Waals surface area (Å²) in [5.41, 5.74) is 1.49. The number of methoxy groups -OCH3 is 3. The predicted octanol–water partition coefficient (Wildman–Crippen LogP) is 3.08. The lowest BCUT2D eigenvalue weighted by molar-refractivity contribution is 0.0953. The Kier molecular flexibility index (Phi) is 7.14. The van der Waals surface area contributed by atoms with E-state index < -0.39 is 0 Å². The number of rotatable bonds is 9. The summed E-state index contributed by atoms with van der Waals surface area (Å²) in [5.74, 6) is 2.50. The summed E-state index contributed by atoms with van der Waals surface area (Å²) < 4.78 is 21.3. The first-order chi connectivity index (χ1) is 12.6. The summed E-state index contributed by atoms with van der Waals surface area (Å²) >= 11 is 0. The number of carbonyl (C=O) groups is 1. The number of hydrogen-bond acceptors (Lipinski definition) is 5. The van der Waals surface area contributed by atoms with Crippen molar-refractivity contribution >= 4 is 5.91 Å². The van der Waals surface area contributed by atoms with Gasteiger partial charge in [-0.05, 0) is 55.3 Å². The second-order valence-electron chi connectivity index (χ2n) is 5.48. The third-order valence-electron chi connectivity index (χ3n) is 3.89. The Hall–Kier alpha value is -2.89. The van der Waals surface area contributed by atoms with Crippen molar-refractivity contribution in [3.63, 3.8) is 0 Å². The maximum absolute atomic E-state index is 12.4. The molecule has 6 heteroatoms. The molecule has 0 aliphatic rings. The fraction of sp³-hybridized carbons (Fsp3) is 0.350. The van der Waals surface area contributed by atoms with Gasteiger partial charge in [0, 0.05) is 12.1 Å². The SMILES string of the molecule is CCOc1cc(C(=O)NCCc2cc(OC)ccc2OC)ccc1OC. The van der Waals surface area contributed by atoms with Gasteiger partial charge in [-0.2, -0.15) is 0 Å². The minimum atomic E-state index is -0.171. The lowest BCUT2D eigenvalue weighted by atomic mass is 10.1. The van der Waals surface area contributed by atoms with E-state index in [-0.39, 0.29) is 5.91 Å². The summed E-state index contributed by atoms with van der Waals surface area (Å²) in [6.45, 7) is 2.85. The van der Waals surface area contributed by atoms with Crippen molar-refractivity contribution in [1.82, 2.24) is 5.32 Å². The van der Waals surface area contributed by atoms with Gasteiger partial charge in [0.05, 0.1) is 27.9 Å². The minimum absolute atomic E-state index is 0.171. The van der Waals surface area contributed by atoms with Crippen LogP contribution < -0.4 is 24.3 Å². The van der Waals surface area contributed by atoms with Gasteiger partial charge in [0.2, 0.25) is 0 Å². The first-order valence-corrected chi connectivity index (χ1v) is 8.42. The van der Waals surface area contributed by atoms with Crippen LogP contribution in [-0.4, -0.2) is 40.4 Å². The molecule has 0 spiro atoms. The monoisotopic (exact) mass is 359 g/mol. The summed E-state index contributed by atoms with van der Waals surface area (Å²) in [7, 11) is 4.81. The Balaban J connectivity index is 2.02. The van der Waals surface area contributed by atoms with E-state index in [0.717, 1.165) is 17.1 Å². The molecule has 2 aromatic carbocycles. The zero-order chi connectivity index (χ0) is 18.9. The van der Waals surface area contributed by atoms with Crippen LogP contribution >= 0.6 is 0 Å². The molecule has 0 radical (unpaired) electrons. The predicted molar refractivity (Wildman–Crippen MR) is 99.7 cm³/mol. The number of amides is 1. The van der Waals surface area contributed by atoms with Crippen molar-refractivity contribution in [2.45, 2.75) is 13.3 Å². The molecule has 26 heavy (non-hydrogen) atoms. The molecule has 1 amide bonds. The number of nitrogens with one attached hydrogen (secondary N) is 1. The highest BCUT2D eigenvalue weighted by atomic mass is 16.5. The molecule has 0 aromatic heterocycles. The molecule has 0 aliphatic heterocycles. The van der Waals surface area contributed by atoms with Crippen molar-refractivity contribution in [2.24, 2.45) is 0 Å². The van der Waals surface area contributed by atoms with Gasteiger partial charge in [-0.1, -0.05) is 0 Å². The van der Waals surface area contributed by atoms with E-state index in [0.29, 0.717) is 36.6 Å². The van der Waals surface area contributed by atoms with Crippen LogP contribution in [0.1, 0.15) is 22.8 Å². The lowest BCUT2D eigenvalue weighted by Gasteiger charge is -2.12. The molecule has 0 bridgehead atoms. The molecule has 0 aliphatic carbocycles. The van der Waals surface area contributed by atoms with E-state index in [1.807, 2.05) is 25.1 Å². The van der Waals surface area contributed by atoms with Crippen LogP contribution in [0.2, 0.25) is 0 Å². The van der Waals surface area contributed by atoms with E-state index in [2.05, 4.69) is 5.32 Å². The van der Waals surface area contributed by atoms with Crippen molar-refractivity contribution in [3.8, 4) is 23.0 Å². The van der Waals surface area contributed by atoms with Gasteiger partial charge >= 0.3 is 0 Å². The summed E-state index contributed by atoms with van der Waals surface area (Å²) in [5, 5.41) is 2.91. The lowest BCUT2D eigenvalue weighted by Crippen LogP contribution is -2.25. The number of hydrogen-bond donors (Lipinski definition) is 1. The fourth-order valence-electron chi connectivity index (χ4n) is 2.58. The molecule has 2 rings (SSSR count). The van der Waals surface area contributed by atoms with E-state index >= 15 is 0 Å². The third-order valence-corrected chi connectivity index (χ3v) is 3.89. The van der Waals surface area contributed by atoms with Crippen LogP contribution in [0.25, 0.3) is 0 Å². The molecule has 0 heterocycles.